The van der Waals surface area contributed by atoms with Crippen molar-refractivity contribution in [2.75, 3.05) is 0 Å². The highest BCUT2D eigenvalue weighted by Crippen LogP contribution is 2.21. The summed E-state index contributed by atoms with van der Waals surface area (Å²) < 4.78 is 1.98. The Morgan fingerprint density at radius 3 is 2.95 bits per heavy atom. The highest BCUT2D eigenvalue weighted by molar-refractivity contribution is 5.30. The maximum Gasteiger partial charge on any atom is 0.0534 e. The summed E-state index contributed by atoms with van der Waals surface area (Å²) in [5.74, 6) is 0. The highest BCUT2D eigenvalue weighted by Gasteiger charge is 2.17. The Balaban J connectivity index is 1.57. The van der Waals surface area contributed by atoms with Gasteiger partial charge < -0.3 is 5.32 Å². The topological polar surface area (TPSA) is 29.9 Å². The van der Waals surface area contributed by atoms with Gasteiger partial charge in [-0.25, -0.2) is 0 Å². The highest BCUT2D eigenvalue weighted by atomic mass is 15.3. The van der Waals surface area contributed by atoms with Gasteiger partial charge in [0.2, 0.25) is 0 Å². The predicted octanol–water partition coefficient (Wildman–Crippen LogP) is 2.55. The molecule has 0 radical (unpaired) electrons. The molecule has 1 atom stereocenters. The quantitative estimate of drug-likeness (QED) is 0.910. The third-order valence-electron chi connectivity index (χ3n) is 3.95. The normalized spacial score (nSPS) is 18.3. The Morgan fingerprint density at radius 2 is 2.16 bits per heavy atom. The van der Waals surface area contributed by atoms with Crippen molar-refractivity contribution in [3.05, 3.63) is 53.3 Å². The number of aryl methyl sites for hydroxylation is 2. The molecule has 0 aliphatic heterocycles. The molecule has 0 saturated heterocycles. The Kier molecular flexibility index (Phi) is 3.65. The van der Waals surface area contributed by atoms with E-state index in [1.807, 2.05) is 10.9 Å². The zero-order valence-electron chi connectivity index (χ0n) is 11.5. The van der Waals surface area contributed by atoms with Crippen LogP contribution in [0.1, 0.15) is 30.0 Å². The van der Waals surface area contributed by atoms with E-state index in [1.54, 1.807) is 0 Å². The monoisotopic (exact) mass is 255 g/mol. The van der Waals surface area contributed by atoms with E-state index in [0.717, 1.165) is 19.5 Å². The van der Waals surface area contributed by atoms with Crippen molar-refractivity contribution < 1.29 is 0 Å². The maximum atomic E-state index is 4.31. The van der Waals surface area contributed by atoms with E-state index in [1.165, 1.54) is 29.5 Å². The summed E-state index contributed by atoms with van der Waals surface area (Å²) in [6.45, 7) is 3.98. The van der Waals surface area contributed by atoms with Crippen LogP contribution in [0.5, 0.6) is 0 Å². The van der Waals surface area contributed by atoms with Gasteiger partial charge in [0.05, 0.1) is 6.20 Å². The van der Waals surface area contributed by atoms with Gasteiger partial charge in [-0.1, -0.05) is 24.3 Å². The fourth-order valence-corrected chi connectivity index (χ4v) is 2.80. The van der Waals surface area contributed by atoms with Crippen LogP contribution in [-0.2, 0) is 25.9 Å². The van der Waals surface area contributed by atoms with Crippen LogP contribution in [0.15, 0.2) is 36.7 Å². The van der Waals surface area contributed by atoms with E-state index in [-0.39, 0.29) is 0 Å². The van der Waals surface area contributed by atoms with Crippen LogP contribution in [0.2, 0.25) is 0 Å². The van der Waals surface area contributed by atoms with E-state index < -0.39 is 0 Å². The molecule has 1 aromatic carbocycles. The summed E-state index contributed by atoms with van der Waals surface area (Å²) in [6, 6.07) is 9.41. The van der Waals surface area contributed by atoms with Crippen molar-refractivity contribution in [3.63, 3.8) is 0 Å². The molecule has 0 saturated carbocycles. The Bertz CT molecular complexity index is 544. The lowest BCUT2D eigenvalue weighted by molar-refractivity contribution is 0.457. The second-order valence-electron chi connectivity index (χ2n) is 5.29. The molecule has 0 amide bonds. The summed E-state index contributed by atoms with van der Waals surface area (Å²) in [7, 11) is 0. The molecule has 3 heteroatoms. The van der Waals surface area contributed by atoms with Gasteiger partial charge >= 0.3 is 0 Å². The van der Waals surface area contributed by atoms with Crippen molar-refractivity contribution >= 4 is 0 Å². The number of hydrogen-bond donors (Lipinski definition) is 1. The van der Waals surface area contributed by atoms with Crippen LogP contribution in [0, 0.1) is 0 Å². The van der Waals surface area contributed by atoms with Crippen LogP contribution in [0.25, 0.3) is 0 Å². The van der Waals surface area contributed by atoms with Gasteiger partial charge in [-0.2, -0.15) is 5.10 Å². The molecular formula is C16H21N3. The van der Waals surface area contributed by atoms with Crippen molar-refractivity contribution in [2.45, 2.75) is 45.3 Å². The molecule has 3 rings (SSSR count). The molecule has 1 N–H and O–H groups in total. The number of rotatable bonds is 4. The third kappa shape index (κ3) is 2.87. The maximum absolute atomic E-state index is 4.31. The molecule has 0 spiro atoms. The van der Waals surface area contributed by atoms with E-state index in [0.29, 0.717) is 6.04 Å². The summed E-state index contributed by atoms with van der Waals surface area (Å²) in [5.41, 5.74) is 4.32. The lowest BCUT2D eigenvalue weighted by Gasteiger charge is -2.25. The summed E-state index contributed by atoms with van der Waals surface area (Å²) in [6.07, 6.45) is 7.68. The minimum Gasteiger partial charge on any atom is -0.309 e. The van der Waals surface area contributed by atoms with Crippen molar-refractivity contribution in [1.29, 1.82) is 0 Å². The molecule has 0 bridgehead atoms. The first-order valence-electron chi connectivity index (χ1n) is 7.16. The number of benzene rings is 1. The van der Waals surface area contributed by atoms with Crippen LogP contribution >= 0.6 is 0 Å². The summed E-state index contributed by atoms with van der Waals surface area (Å²) in [5, 5.41) is 7.97. The summed E-state index contributed by atoms with van der Waals surface area (Å²) in [4.78, 5) is 0. The van der Waals surface area contributed by atoms with Gasteiger partial charge in [-0.05, 0) is 37.3 Å². The lowest BCUT2D eigenvalue weighted by atomic mass is 9.88. The van der Waals surface area contributed by atoms with Crippen LogP contribution in [0.3, 0.4) is 0 Å². The second-order valence-corrected chi connectivity index (χ2v) is 5.29. The van der Waals surface area contributed by atoms with Crippen LogP contribution in [-0.4, -0.2) is 15.8 Å². The second kappa shape index (κ2) is 5.57. The van der Waals surface area contributed by atoms with Crippen molar-refractivity contribution in [3.8, 4) is 0 Å². The van der Waals surface area contributed by atoms with Gasteiger partial charge in [0, 0.05) is 30.9 Å². The summed E-state index contributed by atoms with van der Waals surface area (Å²) >= 11 is 0. The number of nitrogens with one attached hydrogen (secondary N) is 1. The number of nitrogens with zero attached hydrogens (tertiary/aromatic N) is 2. The fourth-order valence-electron chi connectivity index (χ4n) is 2.80. The third-order valence-corrected chi connectivity index (χ3v) is 3.95. The smallest absolute Gasteiger partial charge is 0.0534 e. The zero-order chi connectivity index (χ0) is 13.1. The fraction of sp³-hybridized carbons (Fsp3) is 0.438. The van der Waals surface area contributed by atoms with Gasteiger partial charge in [0.25, 0.3) is 0 Å². The molecule has 1 aliphatic rings. The zero-order valence-corrected chi connectivity index (χ0v) is 11.5. The van der Waals surface area contributed by atoms with E-state index in [4.69, 9.17) is 0 Å². The van der Waals surface area contributed by atoms with Crippen molar-refractivity contribution in [2.24, 2.45) is 0 Å². The van der Waals surface area contributed by atoms with Gasteiger partial charge in [-0.15, -0.1) is 0 Å². The van der Waals surface area contributed by atoms with E-state index >= 15 is 0 Å². The molecule has 2 aromatic rings. The molecular weight excluding hydrogens is 234 g/mol. The Morgan fingerprint density at radius 1 is 1.32 bits per heavy atom. The standard InChI is InChI=1S/C16H21N3/c1-2-19-12-13(11-18-19)10-17-16-8-7-14-5-3-4-6-15(14)9-16/h3-6,11-12,16-17H,2,7-10H2,1H3. The van der Waals surface area contributed by atoms with Crippen LogP contribution in [0.4, 0.5) is 0 Å². The molecule has 3 nitrogen and oxygen atoms in total. The molecule has 19 heavy (non-hydrogen) atoms. The molecule has 1 unspecified atom stereocenters. The molecule has 100 valence electrons. The van der Waals surface area contributed by atoms with E-state index in [2.05, 4.69) is 47.8 Å². The average molecular weight is 255 g/mol. The first kappa shape index (κ1) is 12.4. The van der Waals surface area contributed by atoms with Gasteiger partial charge in [-0.3, -0.25) is 4.68 Å². The molecule has 1 heterocycles. The SMILES string of the molecule is CCn1cc(CNC2CCc3ccccc3C2)cn1. The largest absolute Gasteiger partial charge is 0.309 e. The molecule has 1 aliphatic carbocycles. The minimum atomic E-state index is 0.597. The number of aromatic nitrogens is 2. The van der Waals surface area contributed by atoms with E-state index in [9.17, 15) is 0 Å². The minimum absolute atomic E-state index is 0.597. The predicted molar refractivity (Wildman–Crippen MR) is 77.0 cm³/mol. The number of fused-ring (bicyclic) bond motifs is 1. The Labute approximate surface area is 114 Å². The lowest BCUT2D eigenvalue weighted by Crippen LogP contribution is -2.33. The average Bonchev–Trinajstić information content (AvgIpc) is 2.93. The van der Waals surface area contributed by atoms with Crippen LogP contribution < -0.4 is 5.32 Å². The molecule has 1 aromatic heterocycles. The Hall–Kier alpha value is -1.61. The first-order valence-corrected chi connectivity index (χ1v) is 7.16. The van der Waals surface area contributed by atoms with Gasteiger partial charge in [0.1, 0.15) is 0 Å². The van der Waals surface area contributed by atoms with Gasteiger partial charge in [0.15, 0.2) is 0 Å². The first-order chi connectivity index (χ1) is 9.35. The molecule has 0 fully saturated rings. The number of hydrogen-bond acceptors (Lipinski definition) is 2. The van der Waals surface area contributed by atoms with Crippen molar-refractivity contribution in [1.82, 2.24) is 15.1 Å².